The maximum absolute atomic E-state index is 13.1. The molecular formula is C23H21N3O5S. The van der Waals surface area contributed by atoms with Crippen LogP contribution in [0.2, 0.25) is 0 Å². The summed E-state index contributed by atoms with van der Waals surface area (Å²) in [5.41, 5.74) is 0.971. The summed E-state index contributed by atoms with van der Waals surface area (Å²) in [4.78, 5) is 30.3. The van der Waals surface area contributed by atoms with Gasteiger partial charge < -0.3 is 19.2 Å². The molecule has 0 unspecified atom stereocenters. The average Bonchev–Trinajstić information content (AvgIpc) is 3.33. The molecule has 0 atom stereocenters. The molecule has 1 amide bonds. The van der Waals surface area contributed by atoms with E-state index in [1.54, 1.807) is 61.9 Å². The van der Waals surface area contributed by atoms with Crippen LogP contribution in [0.15, 0.2) is 75.2 Å². The second-order valence-corrected chi connectivity index (χ2v) is 7.73. The van der Waals surface area contributed by atoms with Gasteiger partial charge in [-0.25, -0.2) is 4.98 Å². The smallest absolute Gasteiger partial charge is 0.262 e. The van der Waals surface area contributed by atoms with E-state index in [-0.39, 0.29) is 23.8 Å². The lowest BCUT2D eigenvalue weighted by atomic mass is 10.2. The van der Waals surface area contributed by atoms with Gasteiger partial charge >= 0.3 is 0 Å². The number of ether oxygens (including phenoxy) is 2. The maximum Gasteiger partial charge on any atom is 0.262 e. The molecule has 0 saturated carbocycles. The first-order chi connectivity index (χ1) is 15.6. The normalized spacial score (nSPS) is 10.8. The van der Waals surface area contributed by atoms with E-state index < -0.39 is 0 Å². The third-order valence-corrected chi connectivity index (χ3v) is 5.70. The number of thioether (sulfide) groups is 1. The van der Waals surface area contributed by atoms with Crippen molar-refractivity contribution in [3.05, 3.63) is 77.0 Å². The molecular weight excluding hydrogens is 430 g/mol. The number of carbonyl (C=O) groups is 1. The van der Waals surface area contributed by atoms with Crippen LogP contribution in [0.25, 0.3) is 10.9 Å². The van der Waals surface area contributed by atoms with Gasteiger partial charge in [-0.05, 0) is 36.4 Å². The molecule has 2 aromatic heterocycles. The van der Waals surface area contributed by atoms with Crippen molar-refractivity contribution in [2.45, 2.75) is 11.7 Å². The Hall–Kier alpha value is -3.72. The highest BCUT2D eigenvalue weighted by Crippen LogP contribution is 2.30. The van der Waals surface area contributed by atoms with Crippen molar-refractivity contribution in [2.24, 2.45) is 0 Å². The number of para-hydroxylation sites is 1. The van der Waals surface area contributed by atoms with Crippen molar-refractivity contribution in [2.75, 3.05) is 25.3 Å². The molecule has 0 fully saturated rings. The lowest BCUT2D eigenvalue weighted by molar-refractivity contribution is -0.113. The summed E-state index contributed by atoms with van der Waals surface area (Å²) >= 11 is 1.19. The number of carbonyl (C=O) groups excluding carboxylic acids is 1. The van der Waals surface area contributed by atoms with E-state index in [9.17, 15) is 9.59 Å². The highest BCUT2D eigenvalue weighted by atomic mass is 32.2. The SMILES string of the molecule is COc1ccc(NC(=O)CSc2nc3ccccc3c(=O)n2Cc2ccco2)cc1OC. The zero-order chi connectivity index (χ0) is 22.5. The van der Waals surface area contributed by atoms with Gasteiger partial charge in [0.1, 0.15) is 5.76 Å². The number of amides is 1. The number of methoxy groups -OCH3 is 2. The number of furan rings is 1. The zero-order valence-electron chi connectivity index (χ0n) is 17.5. The second-order valence-electron chi connectivity index (χ2n) is 6.79. The van der Waals surface area contributed by atoms with E-state index in [0.717, 1.165) is 0 Å². The fourth-order valence-electron chi connectivity index (χ4n) is 3.20. The van der Waals surface area contributed by atoms with Crippen molar-refractivity contribution in [3.8, 4) is 11.5 Å². The third kappa shape index (κ3) is 4.62. The number of benzene rings is 2. The van der Waals surface area contributed by atoms with Gasteiger partial charge in [-0.3, -0.25) is 14.2 Å². The van der Waals surface area contributed by atoms with Crippen molar-refractivity contribution in [1.82, 2.24) is 9.55 Å². The number of anilines is 1. The lowest BCUT2D eigenvalue weighted by Gasteiger charge is -2.13. The Bertz CT molecular complexity index is 1300. The Morgan fingerprint density at radius 3 is 2.66 bits per heavy atom. The molecule has 1 N–H and O–H groups in total. The molecule has 4 rings (SSSR count). The molecule has 32 heavy (non-hydrogen) atoms. The standard InChI is InChI=1S/C23H21N3O5S/c1-29-19-10-9-15(12-20(19)30-2)24-21(27)14-32-23-25-18-8-4-3-7-17(18)22(28)26(23)13-16-6-5-11-31-16/h3-12H,13-14H2,1-2H3,(H,24,27). The first-order valence-electron chi connectivity index (χ1n) is 9.75. The fraction of sp³-hybridized carbons (Fsp3) is 0.174. The van der Waals surface area contributed by atoms with Gasteiger partial charge in [0.15, 0.2) is 16.7 Å². The Kier molecular flexibility index (Phi) is 6.46. The van der Waals surface area contributed by atoms with Gasteiger partial charge in [-0.15, -0.1) is 0 Å². The molecule has 0 saturated heterocycles. The van der Waals surface area contributed by atoms with Crippen molar-refractivity contribution >= 4 is 34.3 Å². The maximum atomic E-state index is 13.1. The van der Waals surface area contributed by atoms with Gasteiger partial charge in [0.25, 0.3) is 5.56 Å². The van der Waals surface area contributed by atoms with Crippen LogP contribution in [0.5, 0.6) is 11.5 Å². The predicted octanol–water partition coefficient (Wildman–Crippen LogP) is 3.79. The molecule has 0 aliphatic carbocycles. The molecule has 0 aliphatic heterocycles. The Balaban J connectivity index is 1.55. The number of hydrogen-bond donors (Lipinski definition) is 1. The molecule has 0 spiro atoms. The van der Waals surface area contributed by atoms with E-state index >= 15 is 0 Å². The number of nitrogens with one attached hydrogen (secondary N) is 1. The number of aromatic nitrogens is 2. The molecule has 8 nitrogen and oxygen atoms in total. The van der Waals surface area contributed by atoms with E-state index in [0.29, 0.717) is 39.0 Å². The van der Waals surface area contributed by atoms with Crippen LogP contribution in [-0.4, -0.2) is 35.4 Å². The van der Waals surface area contributed by atoms with Crippen LogP contribution in [-0.2, 0) is 11.3 Å². The van der Waals surface area contributed by atoms with E-state index in [4.69, 9.17) is 13.9 Å². The van der Waals surface area contributed by atoms with E-state index in [1.165, 1.54) is 23.4 Å². The lowest BCUT2D eigenvalue weighted by Crippen LogP contribution is -2.24. The minimum atomic E-state index is -0.242. The van der Waals surface area contributed by atoms with Crippen LogP contribution in [0.4, 0.5) is 5.69 Å². The number of hydrogen-bond acceptors (Lipinski definition) is 7. The first-order valence-corrected chi connectivity index (χ1v) is 10.7. The summed E-state index contributed by atoms with van der Waals surface area (Å²) < 4.78 is 17.4. The Morgan fingerprint density at radius 2 is 1.91 bits per heavy atom. The second kappa shape index (κ2) is 9.61. The predicted molar refractivity (Wildman–Crippen MR) is 123 cm³/mol. The van der Waals surface area contributed by atoms with Crippen LogP contribution >= 0.6 is 11.8 Å². The number of nitrogens with zero attached hydrogens (tertiary/aromatic N) is 2. The molecule has 9 heteroatoms. The summed E-state index contributed by atoms with van der Waals surface area (Å²) in [5, 5.41) is 3.78. The van der Waals surface area contributed by atoms with E-state index in [1.807, 2.05) is 6.07 Å². The summed E-state index contributed by atoms with van der Waals surface area (Å²) in [6, 6.07) is 15.8. The average molecular weight is 452 g/mol. The topological polar surface area (TPSA) is 95.6 Å². The van der Waals surface area contributed by atoms with Gasteiger partial charge in [-0.2, -0.15) is 0 Å². The molecule has 2 heterocycles. The van der Waals surface area contributed by atoms with Crippen LogP contribution in [0, 0.1) is 0 Å². The summed E-state index contributed by atoms with van der Waals surface area (Å²) in [6.07, 6.45) is 1.55. The Morgan fingerprint density at radius 1 is 1.09 bits per heavy atom. The van der Waals surface area contributed by atoms with Gasteiger partial charge in [0.2, 0.25) is 5.91 Å². The third-order valence-electron chi connectivity index (χ3n) is 4.72. The van der Waals surface area contributed by atoms with Crippen molar-refractivity contribution < 1.29 is 18.7 Å². The van der Waals surface area contributed by atoms with Gasteiger partial charge in [0, 0.05) is 11.8 Å². The van der Waals surface area contributed by atoms with Crippen molar-refractivity contribution in [3.63, 3.8) is 0 Å². The monoisotopic (exact) mass is 451 g/mol. The summed E-state index contributed by atoms with van der Waals surface area (Å²) in [7, 11) is 3.08. The number of rotatable bonds is 8. The highest BCUT2D eigenvalue weighted by Gasteiger charge is 2.15. The van der Waals surface area contributed by atoms with Crippen LogP contribution in [0.1, 0.15) is 5.76 Å². The first kappa shape index (κ1) is 21.5. The molecule has 0 aliphatic rings. The highest BCUT2D eigenvalue weighted by molar-refractivity contribution is 7.99. The Labute approximate surface area is 188 Å². The molecule has 2 aromatic carbocycles. The van der Waals surface area contributed by atoms with E-state index in [2.05, 4.69) is 10.3 Å². The molecule has 4 aromatic rings. The minimum Gasteiger partial charge on any atom is -0.493 e. The van der Waals surface area contributed by atoms with Gasteiger partial charge in [-0.1, -0.05) is 23.9 Å². The summed E-state index contributed by atoms with van der Waals surface area (Å²) in [6.45, 7) is 0.225. The molecule has 164 valence electrons. The van der Waals surface area contributed by atoms with Crippen molar-refractivity contribution in [1.29, 1.82) is 0 Å². The van der Waals surface area contributed by atoms with Crippen LogP contribution in [0.3, 0.4) is 0 Å². The minimum absolute atomic E-state index is 0.0667. The quantitative estimate of drug-likeness (QED) is 0.322. The van der Waals surface area contributed by atoms with Gasteiger partial charge in [0.05, 0.1) is 43.7 Å². The van der Waals surface area contributed by atoms with Crippen LogP contribution < -0.4 is 20.3 Å². The summed E-state index contributed by atoms with van der Waals surface area (Å²) in [5.74, 6) is 1.54. The molecule has 0 bridgehead atoms. The zero-order valence-corrected chi connectivity index (χ0v) is 18.3. The largest absolute Gasteiger partial charge is 0.493 e. The molecule has 0 radical (unpaired) electrons. The number of fused-ring (bicyclic) bond motifs is 1. The fourth-order valence-corrected chi connectivity index (χ4v) is 4.00.